The highest BCUT2D eigenvalue weighted by Gasteiger charge is 2.40. The summed E-state index contributed by atoms with van der Waals surface area (Å²) in [4.78, 5) is 0. The number of hydrogen-bond donors (Lipinski definition) is 0. The maximum Gasteiger partial charge on any atom is 0.248 e. The first-order valence-corrected chi connectivity index (χ1v) is 9.41. The zero-order valence-corrected chi connectivity index (χ0v) is 14.9. The first kappa shape index (κ1) is 16.1. The lowest BCUT2D eigenvalue weighted by Gasteiger charge is -2.30. The van der Waals surface area contributed by atoms with E-state index in [0.29, 0.717) is 12.3 Å². The third-order valence-corrected chi connectivity index (χ3v) is 6.98. The average molecular weight is 329 g/mol. The summed E-state index contributed by atoms with van der Waals surface area (Å²) in [6, 6.07) is 7.73. The van der Waals surface area contributed by atoms with Crippen molar-refractivity contribution in [3.05, 3.63) is 59.8 Å². The van der Waals surface area contributed by atoms with E-state index in [1.807, 2.05) is 56.3 Å². The molecule has 0 aliphatic heterocycles. The third kappa shape index (κ3) is 2.45. The van der Waals surface area contributed by atoms with Gasteiger partial charge in [0, 0.05) is 11.6 Å². The second-order valence-electron chi connectivity index (χ2n) is 6.85. The van der Waals surface area contributed by atoms with Crippen LogP contribution in [-0.2, 0) is 10.0 Å². The van der Waals surface area contributed by atoms with E-state index < -0.39 is 14.8 Å². The Morgan fingerprint density at radius 3 is 2.65 bits per heavy atom. The molecule has 1 aromatic heterocycles. The van der Waals surface area contributed by atoms with Crippen LogP contribution in [0.15, 0.2) is 54.3 Å². The molecule has 0 fully saturated rings. The fourth-order valence-electron chi connectivity index (χ4n) is 3.19. The van der Waals surface area contributed by atoms with E-state index >= 15 is 0 Å². The molecule has 1 unspecified atom stereocenters. The summed E-state index contributed by atoms with van der Waals surface area (Å²) in [6.07, 6.45) is 8.13. The predicted octanol–water partition coefficient (Wildman–Crippen LogP) is 4.43. The minimum absolute atomic E-state index is 0.309. The van der Waals surface area contributed by atoms with E-state index in [0.717, 1.165) is 22.0 Å². The zero-order valence-electron chi connectivity index (χ0n) is 14.1. The number of nitrogens with zero attached hydrogens (tertiary/aromatic N) is 1. The predicted molar refractivity (Wildman–Crippen MR) is 96.1 cm³/mol. The number of hydrogen-bond acceptors (Lipinski definition) is 2. The van der Waals surface area contributed by atoms with Crippen LogP contribution in [0.5, 0.6) is 0 Å². The highest BCUT2D eigenvalue weighted by atomic mass is 32.2. The topological polar surface area (TPSA) is 39.1 Å². The van der Waals surface area contributed by atoms with Gasteiger partial charge < -0.3 is 0 Å². The van der Waals surface area contributed by atoms with Crippen molar-refractivity contribution in [1.82, 2.24) is 3.97 Å². The Kier molecular flexibility index (Phi) is 3.75. The molecule has 1 aromatic carbocycles. The molecule has 4 heteroatoms. The number of para-hydroxylation sites is 1. The van der Waals surface area contributed by atoms with Crippen LogP contribution >= 0.6 is 0 Å². The van der Waals surface area contributed by atoms with Gasteiger partial charge in [0.15, 0.2) is 0 Å². The quantitative estimate of drug-likeness (QED) is 0.835. The van der Waals surface area contributed by atoms with Gasteiger partial charge in [-0.15, -0.1) is 0 Å². The Morgan fingerprint density at radius 1 is 1.22 bits per heavy atom. The van der Waals surface area contributed by atoms with Crippen LogP contribution in [-0.4, -0.2) is 17.1 Å². The van der Waals surface area contributed by atoms with Crippen molar-refractivity contribution in [1.29, 1.82) is 0 Å². The van der Waals surface area contributed by atoms with E-state index in [9.17, 15) is 8.42 Å². The van der Waals surface area contributed by atoms with Crippen LogP contribution in [0.1, 0.15) is 32.8 Å². The van der Waals surface area contributed by atoms with Gasteiger partial charge in [-0.25, -0.2) is 12.4 Å². The van der Waals surface area contributed by atoms with Gasteiger partial charge >= 0.3 is 0 Å². The largest absolute Gasteiger partial charge is 0.248 e. The molecule has 3 rings (SSSR count). The number of rotatable bonds is 3. The summed E-state index contributed by atoms with van der Waals surface area (Å²) in [7, 11) is -3.54. The van der Waals surface area contributed by atoms with Crippen LogP contribution in [0.2, 0.25) is 0 Å². The van der Waals surface area contributed by atoms with Crippen LogP contribution < -0.4 is 0 Å². The van der Waals surface area contributed by atoms with Crippen molar-refractivity contribution in [3.8, 4) is 0 Å². The molecule has 0 N–H and O–H groups in total. The average Bonchev–Trinajstić information content (AvgIpc) is 2.93. The lowest BCUT2D eigenvalue weighted by Crippen LogP contribution is -2.38. The maximum absolute atomic E-state index is 13.4. The van der Waals surface area contributed by atoms with E-state index in [2.05, 4.69) is 13.8 Å². The Morgan fingerprint density at radius 2 is 1.96 bits per heavy atom. The Balaban J connectivity index is 2.20. The van der Waals surface area contributed by atoms with E-state index in [1.165, 1.54) is 3.97 Å². The number of fused-ring (bicyclic) bond motifs is 1. The molecule has 0 saturated heterocycles. The monoisotopic (exact) mass is 329 g/mol. The number of aryl methyl sites for hydroxylation is 1. The SMILES string of the molecule is Cc1cccc2ccn(S(=O)(=O)C3(C)C=C(C(C)C)C=CC3)c12. The summed E-state index contributed by atoms with van der Waals surface area (Å²) in [5.41, 5.74) is 2.83. The Hall–Kier alpha value is -1.81. The highest BCUT2D eigenvalue weighted by molar-refractivity contribution is 7.91. The van der Waals surface area contributed by atoms with Crippen molar-refractivity contribution in [2.45, 2.75) is 38.9 Å². The number of allylic oxidation sites excluding steroid dienone is 3. The van der Waals surface area contributed by atoms with Gasteiger partial charge in [-0.3, -0.25) is 0 Å². The fraction of sp³-hybridized carbons (Fsp3) is 0.368. The van der Waals surface area contributed by atoms with Gasteiger partial charge in [0.05, 0.1) is 5.52 Å². The summed E-state index contributed by atoms with van der Waals surface area (Å²) < 4.78 is 27.3. The molecule has 0 amide bonds. The Labute approximate surface area is 138 Å². The van der Waals surface area contributed by atoms with Crippen LogP contribution in [0.3, 0.4) is 0 Å². The summed E-state index contributed by atoms with van der Waals surface area (Å²) in [6.45, 7) is 7.94. The molecule has 0 spiro atoms. The van der Waals surface area contributed by atoms with Gasteiger partial charge in [-0.05, 0) is 43.4 Å². The van der Waals surface area contributed by atoms with Gasteiger partial charge in [0.25, 0.3) is 0 Å². The second kappa shape index (κ2) is 5.38. The normalized spacial score (nSPS) is 21.9. The lowest BCUT2D eigenvalue weighted by atomic mass is 9.91. The first-order chi connectivity index (χ1) is 10.8. The van der Waals surface area contributed by atoms with Gasteiger partial charge in [-0.2, -0.15) is 0 Å². The molecule has 0 saturated carbocycles. The molecule has 122 valence electrons. The van der Waals surface area contributed by atoms with Crippen molar-refractivity contribution >= 4 is 20.9 Å². The molecule has 1 atom stereocenters. The minimum atomic E-state index is -3.54. The van der Waals surface area contributed by atoms with E-state index in [1.54, 1.807) is 6.20 Å². The standard InChI is InChI=1S/C19H23NO2S/c1-14(2)17-9-6-11-19(4,13-17)23(21,22)20-12-10-16-8-5-7-15(3)18(16)20/h5-10,12-14H,11H2,1-4H3. The van der Waals surface area contributed by atoms with Crippen LogP contribution in [0, 0.1) is 12.8 Å². The van der Waals surface area contributed by atoms with E-state index in [4.69, 9.17) is 0 Å². The first-order valence-electron chi connectivity index (χ1n) is 7.97. The highest BCUT2D eigenvalue weighted by Crippen LogP contribution is 2.35. The van der Waals surface area contributed by atoms with Gasteiger partial charge in [0.1, 0.15) is 4.75 Å². The Bertz CT molecular complexity index is 916. The van der Waals surface area contributed by atoms with Crippen molar-refractivity contribution in [3.63, 3.8) is 0 Å². The number of aromatic nitrogens is 1. The maximum atomic E-state index is 13.4. The van der Waals surface area contributed by atoms with Gasteiger partial charge in [-0.1, -0.05) is 50.3 Å². The molecule has 1 aliphatic rings. The molecule has 0 radical (unpaired) electrons. The minimum Gasteiger partial charge on any atom is -0.244 e. The van der Waals surface area contributed by atoms with Crippen molar-refractivity contribution in [2.24, 2.45) is 5.92 Å². The molecule has 1 heterocycles. The molecule has 23 heavy (non-hydrogen) atoms. The number of benzene rings is 1. The van der Waals surface area contributed by atoms with Crippen LogP contribution in [0.4, 0.5) is 0 Å². The zero-order chi connectivity index (χ0) is 16.8. The van der Waals surface area contributed by atoms with Crippen LogP contribution in [0.25, 0.3) is 10.9 Å². The third-order valence-electron chi connectivity index (χ3n) is 4.70. The van der Waals surface area contributed by atoms with Crippen molar-refractivity contribution < 1.29 is 8.42 Å². The van der Waals surface area contributed by atoms with Gasteiger partial charge in [0.2, 0.25) is 10.0 Å². The lowest BCUT2D eigenvalue weighted by molar-refractivity contribution is 0.552. The second-order valence-corrected chi connectivity index (χ2v) is 9.12. The molecule has 0 bridgehead atoms. The summed E-state index contributed by atoms with van der Waals surface area (Å²) >= 11 is 0. The molecule has 3 nitrogen and oxygen atoms in total. The fourth-order valence-corrected chi connectivity index (χ4v) is 4.94. The smallest absolute Gasteiger partial charge is 0.244 e. The van der Waals surface area contributed by atoms with Crippen molar-refractivity contribution in [2.75, 3.05) is 0 Å². The molecular weight excluding hydrogens is 306 g/mol. The van der Waals surface area contributed by atoms with E-state index in [-0.39, 0.29) is 0 Å². The molecule has 2 aromatic rings. The molecule has 1 aliphatic carbocycles. The summed E-state index contributed by atoms with van der Waals surface area (Å²) in [5.74, 6) is 0.309. The molecular formula is C19H23NO2S. The summed E-state index contributed by atoms with van der Waals surface area (Å²) in [5, 5.41) is 0.955.